The predicted octanol–water partition coefficient (Wildman–Crippen LogP) is 2.71. The average molecular weight is 238 g/mol. The minimum atomic E-state index is -0.671. The molecular formula is C14H22O3. The number of ether oxygens (including phenoxy) is 2. The standard InChI is InChI=1S/C14H22O3/c1-9(2)14(17-5)13(15)11-8-10(3)6-7-12(11)16-4/h6-9,13-15H,1-5H3. The van der Waals surface area contributed by atoms with Crippen molar-refractivity contribution in [3.8, 4) is 5.75 Å². The monoisotopic (exact) mass is 238 g/mol. The van der Waals surface area contributed by atoms with E-state index in [1.807, 2.05) is 39.0 Å². The van der Waals surface area contributed by atoms with E-state index in [0.717, 1.165) is 11.1 Å². The molecule has 0 fully saturated rings. The normalized spacial score (nSPS) is 14.8. The Morgan fingerprint density at radius 1 is 1.18 bits per heavy atom. The molecule has 3 nitrogen and oxygen atoms in total. The Balaban J connectivity index is 3.08. The van der Waals surface area contributed by atoms with E-state index in [2.05, 4.69) is 0 Å². The topological polar surface area (TPSA) is 38.7 Å². The summed E-state index contributed by atoms with van der Waals surface area (Å²) in [6, 6.07) is 5.78. The smallest absolute Gasteiger partial charge is 0.124 e. The summed E-state index contributed by atoms with van der Waals surface area (Å²) in [6.07, 6.45) is -0.902. The molecule has 1 aromatic carbocycles. The van der Waals surface area contributed by atoms with Gasteiger partial charge in [-0.1, -0.05) is 25.5 Å². The summed E-state index contributed by atoms with van der Waals surface area (Å²) in [5.41, 5.74) is 1.88. The van der Waals surface area contributed by atoms with Crippen LogP contribution in [0.3, 0.4) is 0 Å². The van der Waals surface area contributed by atoms with Crippen LogP contribution < -0.4 is 4.74 Å². The molecule has 3 heteroatoms. The third kappa shape index (κ3) is 3.20. The highest BCUT2D eigenvalue weighted by molar-refractivity contribution is 5.39. The summed E-state index contributed by atoms with van der Waals surface area (Å²) in [6.45, 7) is 6.05. The first-order valence-corrected chi connectivity index (χ1v) is 5.86. The molecule has 1 rings (SSSR count). The van der Waals surface area contributed by atoms with Crippen molar-refractivity contribution in [2.24, 2.45) is 5.92 Å². The summed E-state index contributed by atoms with van der Waals surface area (Å²) >= 11 is 0. The van der Waals surface area contributed by atoms with Crippen molar-refractivity contribution in [3.05, 3.63) is 29.3 Å². The number of aryl methyl sites for hydroxylation is 1. The van der Waals surface area contributed by atoms with E-state index >= 15 is 0 Å². The van der Waals surface area contributed by atoms with Gasteiger partial charge in [-0.2, -0.15) is 0 Å². The van der Waals surface area contributed by atoms with Crippen LogP contribution in [0.4, 0.5) is 0 Å². The van der Waals surface area contributed by atoms with Crippen LogP contribution in [-0.2, 0) is 4.74 Å². The molecule has 0 aromatic heterocycles. The fourth-order valence-corrected chi connectivity index (χ4v) is 2.03. The van der Waals surface area contributed by atoms with E-state index in [0.29, 0.717) is 5.75 Å². The molecule has 0 aliphatic rings. The van der Waals surface area contributed by atoms with Gasteiger partial charge >= 0.3 is 0 Å². The van der Waals surface area contributed by atoms with E-state index in [-0.39, 0.29) is 12.0 Å². The lowest BCUT2D eigenvalue weighted by Crippen LogP contribution is -2.26. The number of rotatable bonds is 5. The first-order valence-electron chi connectivity index (χ1n) is 5.86. The van der Waals surface area contributed by atoms with Crippen LogP contribution in [0.2, 0.25) is 0 Å². The Morgan fingerprint density at radius 3 is 2.29 bits per heavy atom. The Hall–Kier alpha value is -1.06. The number of aliphatic hydroxyl groups excluding tert-OH is 1. The molecule has 1 aromatic rings. The molecule has 0 aliphatic carbocycles. The molecule has 2 atom stereocenters. The number of benzene rings is 1. The van der Waals surface area contributed by atoms with Gasteiger partial charge in [0.05, 0.1) is 13.2 Å². The second kappa shape index (κ2) is 6.03. The first kappa shape index (κ1) is 14.0. The highest BCUT2D eigenvalue weighted by Crippen LogP contribution is 2.31. The van der Waals surface area contributed by atoms with Crippen LogP contribution in [0.5, 0.6) is 5.75 Å². The van der Waals surface area contributed by atoms with Crippen molar-refractivity contribution in [2.75, 3.05) is 14.2 Å². The van der Waals surface area contributed by atoms with Gasteiger partial charge in [0.1, 0.15) is 11.9 Å². The van der Waals surface area contributed by atoms with Crippen molar-refractivity contribution in [2.45, 2.75) is 33.0 Å². The second-order valence-corrected chi connectivity index (χ2v) is 4.63. The van der Waals surface area contributed by atoms with Gasteiger partial charge in [-0.3, -0.25) is 0 Å². The van der Waals surface area contributed by atoms with Crippen molar-refractivity contribution >= 4 is 0 Å². The van der Waals surface area contributed by atoms with Crippen molar-refractivity contribution < 1.29 is 14.6 Å². The third-order valence-electron chi connectivity index (χ3n) is 2.94. The lowest BCUT2D eigenvalue weighted by atomic mass is 9.94. The zero-order valence-electron chi connectivity index (χ0n) is 11.2. The van der Waals surface area contributed by atoms with Gasteiger partial charge in [0.15, 0.2) is 0 Å². The Bertz CT molecular complexity index is 360. The maximum absolute atomic E-state index is 10.4. The van der Waals surface area contributed by atoms with Crippen molar-refractivity contribution in [1.82, 2.24) is 0 Å². The quantitative estimate of drug-likeness (QED) is 0.857. The van der Waals surface area contributed by atoms with Crippen molar-refractivity contribution in [3.63, 3.8) is 0 Å². The Labute approximate surface area is 103 Å². The summed E-state index contributed by atoms with van der Waals surface area (Å²) in [5.74, 6) is 0.936. The van der Waals surface area contributed by atoms with E-state index in [1.165, 1.54) is 0 Å². The van der Waals surface area contributed by atoms with Crippen LogP contribution in [0.25, 0.3) is 0 Å². The molecule has 96 valence electrons. The fourth-order valence-electron chi connectivity index (χ4n) is 2.03. The largest absolute Gasteiger partial charge is 0.496 e. The fraction of sp³-hybridized carbons (Fsp3) is 0.571. The minimum absolute atomic E-state index is 0.231. The lowest BCUT2D eigenvalue weighted by Gasteiger charge is -2.26. The molecule has 0 saturated heterocycles. The van der Waals surface area contributed by atoms with Gasteiger partial charge in [-0.15, -0.1) is 0 Å². The van der Waals surface area contributed by atoms with Gasteiger partial charge in [-0.25, -0.2) is 0 Å². The van der Waals surface area contributed by atoms with E-state index < -0.39 is 6.10 Å². The number of methoxy groups -OCH3 is 2. The Morgan fingerprint density at radius 2 is 1.82 bits per heavy atom. The average Bonchev–Trinajstić information content (AvgIpc) is 2.29. The van der Waals surface area contributed by atoms with Crippen LogP contribution in [0.15, 0.2) is 18.2 Å². The molecule has 1 N–H and O–H groups in total. The van der Waals surface area contributed by atoms with Crippen LogP contribution in [0.1, 0.15) is 31.1 Å². The van der Waals surface area contributed by atoms with Crippen LogP contribution >= 0.6 is 0 Å². The zero-order chi connectivity index (χ0) is 13.0. The van der Waals surface area contributed by atoms with Gasteiger partial charge in [0.2, 0.25) is 0 Å². The molecule has 0 radical (unpaired) electrons. The highest BCUT2D eigenvalue weighted by Gasteiger charge is 2.26. The molecule has 0 amide bonds. The molecule has 0 bridgehead atoms. The maximum atomic E-state index is 10.4. The van der Waals surface area contributed by atoms with Crippen LogP contribution in [-0.4, -0.2) is 25.4 Å². The maximum Gasteiger partial charge on any atom is 0.124 e. The summed E-state index contributed by atoms with van der Waals surface area (Å²) < 4.78 is 10.6. The molecular weight excluding hydrogens is 216 g/mol. The number of aliphatic hydroxyl groups is 1. The van der Waals surface area contributed by atoms with E-state index in [4.69, 9.17) is 9.47 Å². The SMILES string of the molecule is COc1ccc(C)cc1C(O)C(OC)C(C)C. The minimum Gasteiger partial charge on any atom is -0.496 e. The first-order chi connectivity index (χ1) is 8.01. The number of hydrogen-bond acceptors (Lipinski definition) is 3. The van der Waals surface area contributed by atoms with Gasteiger partial charge in [-0.05, 0) is 25.0 Å². The molecule has 0 spiro atoms. The lowest BCUT2D eigenvalue weighted by molar-refractivity contribution is -0.0399. The van der Waals surface area contributed by atoms with Gasteiger partial charge in [0.25, 0.3) is 0 Å². The summed E-state index contributed by atoms with van der Waals surface area (Å²) in [7, 11) is 3.23. The highest BCUT2D eigenvalue weighted by atomic mass is 16.5. The summed E-state index contributed by atoms with van der Waals surface area (Å²) in [5, 5.41) is 10.4. The third-order valence-corrected chi connectivity index (χ3v) is 2.94. The van der Waals surface area contributed by atoms with E-state index in [1.54, 1.807) is 14.2 Å². The van der Waals surface area contributed by atoms with Crippen molar-refractivity contribution in [1.29, 1.82) is 0 Å². The predicted molar refractivity (Wildman–Crippen MR) is 68.3 cm³/mol. The van der Waals surface area contributed by atoms with Gasteiger partial charge in [0, 0.05) is 12.7 Å². The Kier molecular flexibility index (Phi) is 4.97. The number of hydrogen-bond donors (Lipinski definition) is 1. The molecule has 17 heavy (non-hydrogen) atoms. The van der Waals surface area contributed by atoms with E-state index in [9.17, 15) is 5.11 Å². The van der Waals surface area contributed by atoms with Crippen LogP contribution in [0, 0.1) is 12.8 Å². The molecule has 0 heterocycles. The summed E-state index contributed by atoms with van der Waals surface area (Å²) in [4.78, 5) is 0. The molecule has 2 unspecified atom stereocenters. The molecule has 0 saturated carbocycles. The van der Waals surface area contributed by atoms with Gasteiger partial charge < -0.3 is 14.6 Å². The zero-order valence-corrected chi connectivity index (χ0v) is 11.2. The second-order valence-electron chi connectivity index (χ2n) is 4.63. The molecule has 0 aliphatic heterocycles.